The van der Waals surface area contributed by atoms with Crippen molar-refractivity contribution in [3.05, 3.63) is 25.3 Å². The van der Waals surface area contributed by atoms with Gasteiger partial charge in [-0.3, -0.25) is 16.0 Å². The second-order valence-corrected chi connectivity index (χ2v) is 4.92. The Hall–Kier alpha value is -0.640. The minimum atomic E-state index is 0.138. The third kappa shape index (κ3) is 10.9. The molecule has 0 radical (unpaired) electrons. The second-order valence-electron chi connectivity index (χ2n) is 4.92. The van der Waals surface area contributed by atoms with Crippen LogP contribution in [0.25, 0.3) is 0 Å². The van der Waals surface area contributed by atoms with Gasteiger partial charge < -0.3 is 0 Å². The molecule has 0 heterocycles. The molecule has 0 aliphatic heterocycles. The summed E-state index contributed by atoms with van der Waals surface area (Å²) < 4.78 is 0. The van der Waals surface area contributed by atoms with Gasteiger partial charge in [-0.2, -0.15) is 0 Å². The molecule has 0 rings (SSSR count). The van der Waals surface area contributed by atoms with Gasteiger partial charge in [-0.05, 0) is 25.9 Å². The number of hydrogen-bond acceptors (Lipinski definition) is 3. The van der Waals surface area contributed by atoms with Crippen molar-refractivity contribution in [2.24, 2.45) is 0 Å². The Morgan fingerprint density at radius 3 is 1.53 bits per heavy atom. The van der Waals surface area contributed by atoms with Gasteiger partial charge in [0.2, 0.25) is 0 Å². The average molecular weight is 267 g/mol. The lowest BCUT2D eigenvalue weighted by atomic mass is 10.2. The average Bonchev–Trinajstić information content (AvgIpc) is 2.44. The monoisotopic (exact) mass is 267 g/mol. The highest BCUT2D eigenvalue weighted by Gasteiger charge is 2.08. The Morgan fingerprint density at radius 1 is 0.789 bits per heavy atom. The van der Waals surface area contributed by atoms with E-state index >= 15 is 0 Å². The molecule has 0 fully saturated rings. The topological polar surface area (TPSA) is 36.1 Å². The molecule has 3 N–H and O–H groups in total. The van der Waals surface area contributed by atoms with Gasteiger partial charge in [0.1, 0.15) is 0 Å². The van der Waals surface area contributed by atoms with Gasteiger partial charge in [0.25, 0.3) is 0 Å². The molecule has 0 aromatic carbocycles. The molecular weight excluding hydrogens is 234 g/mol. The van der Waals surface area contributed by atoms with E-state index < -0.39 is 0 Å². The first kappa shape index (κ1) is 18.4. The smallest absolute Gasteiger partial charge is 0.0775 e. The number of unbranched alkanes of at least 4 members (excludes halogenated alkanes) is 4. The van der Waals surface area contributed by atoms with Crippen LogP contribution < -0.4 is 16.0 Å². The molecular formula is C16H33N3. The molecule has 0 saturated carbocycles. The van der Waals surface area contributed by atoms with Crippen LogP contribution in [-0.4, -0.2) is 25.4 Å². The van der Waals surface area contributed by atoms with Gasteiger partial charge in [0.15, 0.2) is 0 Å². The molecule has 0 saturated heterocycles. The van der Waals surface area contributed by atoms with Gasteiger partial charge in [0.05, 0.1) is 12.3 Å². The second kappa shape index (κ2) is 13.8. The lowest BCUT2D eigenvalue weighted by Gasteiger charge is -2.23. The van der Waals surface area contributed by atoms with Crippen molar-refractivity contribution in [1.82, 2.24) is 16.0 Å². The Bertz CT molecular complexity index is 194. The van der Waals surface area contributed by atoms with Crippen molar-refractivity contribution in [2.75, 3.05) is 13.1 Å². The van der Waals surface area contributed by atoms with E-state index in [-0.39, 0.29) is 12.3 Å². The molecule has 3 nitrogen and oxygen atoms in total. The normalized spacial score (nSPS) is 14.0. The van der Waals surface area contributed by atoms with Gasteiger partial charge in [0, 0.05) is 0 Å². The molecule has 0 aliphatic carbocycles. The minimum absolute atomic E-state index is 0.138. The molecule has 3 heteroatoms. The third-order valence-corrected chi connectivity index (χ3v) is 3.12. The first-order chi connectivity index (χ1) is 9.28. The van der Waals surface area contributed by atoms with E-state index in [1.165, 1.54) is 38.5 Å². The molecule has 0 amide bonds. The highest BCUT2D eigenvalue weighted by Crippen LogP contribution is 1.94. The molecule has 112 valence electrons. The number of rotatable bonds is 14. The summed E-state index contributed by atoms with van der Waals surface area (Å²) in [5, 5.41) is 10.4. The zero-order valence-electron chi connectivity index (χ0n) is 12.9. The maximum absolute atomic E-state index is 3.87. The summed E-state index contributed by atoms with van der Waals surface area (Å²) in [6.45, 7) is 14.2. The van der Waals surface area contributed by atoms with Gasteiger partial charge in [-0.25, -0.2) is 0 Å². The summed E-state index contributed by atoms with van der Waals surface area (Å²) in [7, 11) is 0. The molecule has 19 heavy (non-hydrogen) atoms. The SMILES string of the molecule is C=CC(NCCCCC)NC(C=C)NCCCCC. The molecule has 2 unspecified atom stereocenters. The van der Waals surface area contributed by atoms with Crippen LogP contribution in [0.1, 0.15) is 52.4 Å². The van der Waals surface area contributed by atoms with E-state index in [1.54, 1.807) is 0 Å². The van der Waals surface area contributed by atoms with Crippen molar-refractivity contribution < 1.29 is 0 Å². The Morgan fingerprint density at radius 2 is 1.21 bits per heavy atom. The van der Waals surface area contributed by atoms with E-state index in [9.17, 15) is 0 Å². The lowest BCUT2D eigenvalue weighted by Crippen LogP contribution is -2.51. The first-order valence-corrected chi connectivity index (χ1v) is 7.76. The lowest BCUT2D eigenvalue weighted by molar-refractivity contribution is 0.404. The summed E-state index contributed by atoms with van der Waals surface area (Å²) in [4.78, 5) is 0. The summed E-state index contributed by atoms with van der Waals surface area (Å²) in [6, 6.07) is 0. The van der Waals surface area contributed by atoms with Gasteiger partial charge in [-0.1, -0.05) is 51.7 Å². The molecule has 0 bridgehead atoms. The maximum atomic E-state index is 3.87. The largest absolute Gasteiger partial charge is 0.299 e. The van der Waals surface area contributed by atoms with Crippen molar-refractivity contribution in [3.63, 3.8) is 0 Å². The number of nitrogens with one attached hydrogen (secondary N) is 3. The summed E-state index contributed by atoms with van der Waals surface area (Å²) >= 11 is 0. The molecule has 0 aliphatic rings. The Labute approximate surface area is 119 Å². The van der Waals surface area contributed by atoms with Crippen molar-refractivity contribution in [1.29, 1.82) is 0 Å². The maximum Gasteiger partial charge on any atom is 0.0775 e. The minimum Gasteiger partial charge on any atom is -0.299 e. The van der Waals surface area contributed by atoms with Gasteiger partial charge in [-0.15, -0.1) is 13.2 Å². The standard InChI is InChI=1S/C16H33N3/c1-5-9-11-13-17-15(7-3)19-16(8-4)18-14-12-10-6-2/h7-8,15-19H,3-6,9-14H2,1-2H3. The fraction of sp³-hybridized carbons (Fsp3) is 0.750. The zero-order valence-corrected chi connectivity index (χ0v) is 12.9. The molecule has 0 spiro atoms. The van der Waals surface area contributed by atoms with Crippen LogP contribution in [0.5, 0.6) is 0 Å². The van der Waals surface area contributed by atoms with Gasteiger partial charge >= 0.3 is 0 Å². The summed E-state index contributed by atoms with van der Waals surface area (Å²) in [5.74, 6) is 0. The highest BCUT2D eigenvalue weighted by molar-refractivity contribution is 4.91. The predicted molar refractivity (Wildman–Crippen MR) is 86.2 cm³/mol. The fourth-order valence-corrected chi connectivity index (χ4v) is 1.88. The number of hydrogen-bond donors (Lipinski definition) is 3. The summed E-state index contributed by atoms with van der Waals surface area (Å²) in [6.07, 6.45) is 11.6. The highest BCUT2D eigenvalue weighted by atomic mass is 15.2. The van der Waals surface area contributed by atoms with E-state index in [0.29, 0.717) is 0 Å². The van der Waals surface area contributed by atoms with Crippen LogP contribution in [0.3, 0.4) is 0 Å². The fourth-order valence-electron chi connectivity index (χ4n) is 1.88. The van der Waals surface area contributed by atoms with Crippen molar-refractivity contribution in [2.45, 2.75) is 64.7 Å². The van der Waals surface area contributed by atoms with Crippen LogP contribution >= 0.6 is 0 Å². The Balaban J connectivity index is 3.82. The third-order valence-electron chi connectivity index (χ3n) is 3.12. The molecule has 0 aromatic rings. The van der Waals surface area contributed by atoms with Crippen molar-refractivity contribution in [3.8, 4) is 0 Å². The molecule has 0 aromatic heterocycles. The van der Waals surface area contributed by atoms with Crippen LogP contribution in [0.4, 0.5) is 0 Å². The van der Waals surface area contributed by atoms with Crippen LogP contribution in [0, 0.1) is 0 Å². The van der Waals surface area contributed by atoms with E-state index in [4.69, 9.17) is 0 Å². The summed E-state index contributed by atoms with van der Waals surface area (Å²) in [5.41, 5.74) is 0. The predicted octanol–water partition coefficient (Wildman–Crippen LogP) is 3.16. The van der Waals surface area contributed by atoms with E-state index in [0.717, 1.165) is 13.1 Å². The molecule has 2 atom stereocenters. The van der Waals surface area contributed by atoms with Crippen LogP contribution in [0.2, 0.25) is 0 Å². The van der Waals surface area contributed by atoms with Crippen molar-refractivity contribution >= 4 is 0 Å². The van der Waals surface area contributed by atoms with Crippen LogP contribution in [-0.2, 0) is 0 Å². The first-order valence-electron chi connectivity index (χ1n) is 7.76. The van der Waals surface area contributed by atoms with E-state index in [1.807, 2.05) is 12.2 Å². The zero-order chi connectivity index (χ0) is 14.3. The Kier molecular flexibility index (Phi) is 13.3. The quantitative estimate of drug-likeness (QED) is 0.257. The van der Waals surface area contributed by atoms with E-state index in [2.05, 4.69) is 43.0 Å². The van der Waals surface area contributed by atoms with Crippen LogP contribution in [0.15, 0.2) is 25.3 Å².